The topological polar surface area (TPSA) is 71.1 Å². The third kappa shape index (κ3) is 3.29. The van der Waals surface area contributed by atoms with Crippen molar-refractivity contribution in [2.24, 2.45) is 23.2 Å². The van der Waals surface area contributed by atoms with Crippen molar-refractivity contribution in [3.8, 4) is 0 Å². The van der Waals surface area contributed by atoms with E-state index in [4.69, 9.17) is 0 Å². The Morgan fingerprint density at radius 1 is 1.20 bits per heavy atom. The van der Waals surface area contributed by atoms with Crippen LogP contribution in [0.3, 0.4) is 0 Å². The first-order valence-corrected chi connectivity index (χ1v) is 9.52. The van der Waals surface area contributed by atoms with Crippen LogP contribution in [0.5, 0.6) is 0 Å². The molecule has 25 heavy (non-hydrogen) atoms. The third-order valence-corrected chi connectivity index (χ3v) is 6.49. The number of carbonyl (C=O) groups is 2. The number of amides is 2. The van der Waals surface area contributed by atoms with Crippen molar-refractivity contribution in [2.45, 2.75) is 51.5 Å². The van der Waals surface area contributed by atoms with Crippen LogP contribution in [0.4, 0.5) is 0 Å². The lowest BCUT2D eigenvalue weighted by molar-refractivity contribution is -0.147. The Balaban J connectivity index is 1.31. The van der Waals surface area contributed by atoms with Gasteiger partial charge in [0.2, 0.25) is 11.8 Å². The second-order valence-corrected chi connectivity index (χ2v) is 8.46. The summed E-state index contributed by atoms with van der Waals surface area (Å²) in [6.45, 7) is 1.99. The average molecular weight is 341 g/mol. The molecule has 0 unspecified atom stereocenters. The molecule has 4 fully saturated rings. The Kier molecular flexibility index (Phi) is 4.26. The summed E-state index contributed by atoms with van der Waals surface area (Å²) in [6.07, 6.45) is 10.5. The van der Waals surface area contributed by atoms with E-state index in [9.17, 15) is 9.59 Å². The van der Waals surface area contributed by atoms with E-state index >= 15 is 0 Å². The van der Waals surface area contributed by atoms with Crippen LogP contribution >= 0.6 is 0 Å². The van der Waals surface area contributed by atoms with Crippen molar-refractivity contribution in [1.82, 2.24) is 15.6 Å². The van der Waals surface area contributed by atoms with Gasteiger partial charge < -0.3 is 10.6 Å². The van der Waals surface area contributed by atoms with E-state index in [1.165, 1.54) is 19.3 Å². The van der Waals surface area contributed by atoms with Gasteiger partial charge in [0, 0.05) is 17.8 Å². The molecule has 1 aromatic rings. The lowest BCUT2D eigenvalue weighted by Gasteiger charge is -2.55. The summed E-state index contributed by atoms with van der Waals surface area (Å²) in [5.41, 5.74) is 0.771. The van der Waals surface area contributed by atoms with Crippen LogP contribution in [-0.2, 0) is 9.59 Å². The minimum Gasteiger partial charge on any atom is -0.348 e. The standard InChI is InChI=1S/C20H27N3O2/c1-13(17-3-2-4-21-11-17)23-18(24)12-22-19(25)20-8-14-5-15(9-20)7-16(6-14)10-20/h2-4,11,13-16H,5-10,12H2,1H3,(H,22,25)(H,23,24)/t13-,14?,15?,16?,20?/m1/s1. The average Bonchev–Trinajstić information content (AvgIpc) is 2.59. The SMILES string of the molecule is C[C@@H](NC(=O)CNC(=O)C12CC3CC(CC(C3)C1)C2)c1cccnc1. The van der Waals surface area contributed by atoms with Gasteiger partial charge >= 0.3 is 0 Å². The fourth-order valence-corrected chi connectivity index (χ4v) is 5.74. The molecular formula is C20H27N3O2. The van der Waals surface area contributed by atoms with Crippen molar-refractivity contribution in [1.29, 1.82) is 0 Å². The molecule has 4 aliphatic carbocycles. The molecule has 4 aliphatic rings. The van der Waals surface area contributed by atoms with E-state index < -0.39 is 0 Å². The van der Waals surface area contributed by atoms with Gasteiger partial charge in [-0.25, -0.2) is 0 Å². The summed E-state index contributed by atoms with van der Waals surface area (Å²) < 4.78 is 0. The van der Waals surface area contributed by atoms with Gasteiger partial charge in [0.15, 0.2) is 0 Å². The minimum atomic E-state index is -0.190. The fraction of sp³-hybridized carbons (Fsp3) is 0.650. The third-order valence-electron chi connectivity index (χ3n) is 6.49. The smallest absolute Gasteiger partial charge is 0.239 e. The zero-order chi connectivity index (χ0) is 17.4. The maximum Gasteiger partial charge on any atom is 0.239 e. The van der Waals surface area contributed by atoms with Crippen LogP contribution in [0, 0.1) is 23.2 Å². The maximum atomic E-state index is 12.9. The van der Waals surface area contributed by atoms with Crippen molar-refractivity contribution >= 4 is 11.8 Å². The lowest BCUT2D eigenvalue weighted by atomic mass is 9.49. The summed E-state index contributed by atoms with van der Waals surface area (Å²) in [7, 11) is 0. The quantitative estimate of drug-likeness (QED) is 0.865. The van der Waals surface area contributed by atoms with Gasteiger partial charge in [-0.2, -0.15) is 0 Å². The van der Waals surface area contributed by atoms with E-state index in [1.807, 2.05) is 19.1 Å². The predicted octanol–water partition coefficient (Wildman–Crippen LogP) is 2.59. The summed E-state index contributed by atoms with van der Waals surface area (Å²) in [5, 5.41) is 5.86. The molecule has 134 valence electrons. The molecule has 5 rings (SSSR count). The second-order valence-electron chi connectivity index (χ2n) is 8.46. The van der Waals surface area contributed by atoms with E-state index in [-0.39, 0.29) is 29.8 Å². The first-order valence-electron chi connectivity index (χ1n) is 9.52. The number of nitrogens with zero attached hydrogens (tertiary/aromatic N) is 1. The highest BCUT2D eigenvalue weighted by Crippen LogP contribution is 2.60. The van der Waals surface area contributed by atoms with Crippen LogP contribution in [0.15, 0.2) is 24.5 Å². The van der Waals surface area contributed by atoms with Crippen LogP contribution < -0.4 is 10.6 Å². The van der Waals surface area contributed by atoms with Gasteiger partial charge in [0.1, 0.15) is 0 Å². The molecular weight excluding hydrogens is 314 g/mol. The Hall–Kier alpha value is -1.91. The highest BCUT2D eigenvalue weighted by Gasteiger charge is 2.54. The predicted molar refractivity (Wildman–Crippen MR) is 94.4 cm³/mol. The normalized spacial score (nSPS) is 33.7. The molecule has 5 heteroatoms. The number of pyridine rings is 1. The van der Waals surface area contributed by atoms with Gasteiger partial charge in [-0.15, -0.1) is 0 Å². The zero-order valence-corrected chi connectivity index (χ0v) is 14.8. The highest BCUT2D eigenvalue weighted by atomic mass is 16.2. The Morgan fingerprint density at radius 3 is 2.40 bits per heavy atom. The number of hydrogen-bond acceptors (Lipinski definition) is 3. The molecule has 0 aromatic carbocycles. The molecule has 4 saturated carbocycles. The first kappa shape index (κ1) is 16.6. The first-order chi connectivity index (χ1) is 12.0. The van der Waals surface area contributed by atoms with Crippen LogP contribution in [0.25, 0.3) is 0 Å². The van der Waals surface area contributed by atoms with E-state index in [0.29, 0.717) is 0 Å². The summed E-state index contributed by atoms with van der Waals surface area (Å²) >= 11 is 0. The molecule has 2 N–H and O–H groups in total. The van der Waals surface area contributed by atoms with Crippen molar-refractivity contribution in [3.63, 3.8) is 0 Å². The molecule has 5 nitrogen and oxygen atoms in total. The number of carbonyl (C=O) groups excluding carboxylic acids is 2. The highest BCUT2D eigenvalue weighted by molar-refractivity contribution is 5.88. The second kappa shape index (κ2) is 6.43. The monoisotopic (exact) mass is 341 g/mol. The number of nitrogens with one attached hydrogen (secondary N) is 2. The van der Waals surface area contributed by atoms with E-state index in [0.717, 1.165) is 42.6 Å². The Labute approximate surface area is 149 Å². The summed E-state index contributed by atoms with van der Waals surface area (Å²) in [6, 6.07) is 3.68. The molecule has 0 spiro atoms. The van der Waals surface area contributed by atoms with Crippen LogP contribution in [0.2, 0.25) is 0 Å². The number of hydrogen-bond donors (Lipinski definition) is 2. The van der Waals surface area contributed by atoms with Gasteiger partial charge in [-0.05, 0) is 74.8 Å². The maximum absolute atomic E-state index is 12.9. The van der Waals surface area contributed by atoms with Crippen molar-refractivity contribution in [3.05, 3.63) is 30.1 Å². The molecule has 1 heterocycles. The lowest BCUT2D eigenvalue weighted by Crippen LogP contribution is -2.54. The van der Waals surface area contributed by atoms with Gasteiger partial charge in [-0.3, -0.25) is 14.6 Å². The van der Waals surface area contributed by atoms with Crippen LogP contribution in [0.1, 0.15) is 57.1 Å². The molecule has 1 aromatic heterocycles. The van der Waals surface area contributed by atoms with Gasteiger partial charge in [-0.1, -0.05) is 6.07 Å². The van der Waals surface area contributed by atoms with Gasteiger partial charge in [0.25, 0.3) is 0 Å². The Morgan fingerprint density at radius 2 is 1.84 bits per heavy atom. The Bertz CT molecular complexity index is 623. The number of aromatic nitrogens is 1. The summed E-state index contributed by atoms with van der Waals surface area (Å²) in [5.74, 6) is 2.16. The molecule has 2 amide bonds. The van der Waals surface area contributed by atoms with Gasteiger partial charge in [0.05, 0.1) is 12.6 Å². The molecule has 1 atom stereocenters. The largest absolute Gasteiger partial charge is 0.348 e. The van der Waals surface area contributed by atoms with Crippen molar-refractivity contribution in [2.75, 3.05) is 6.54 Å². The van der Waals surface area contributed by atoms with Crippen molar-refractivity contribution < 1.29 is 9.59 Å². The molecule has 0 aliphatic heterocycles. The molecule has 0 saturated heterocycles. The van der Waals surface area contributed by atoms with E-state index in [2.05, 4.69) is 15.6 Å². The number of rotatable bonds is 5. The zero-order valence-electron chi connectivity index (χ0n) is 14.8. The fourth-order valence-electron chi connectivity index (χ4n) is 5.74. The minimum absolute atomic E-state index is 0.0607. The summed E-state index contributed by atoms with van der Waals surface area (Å²) in [4.78, 5) is 29.1. The van der Waals surface area contributed by atoms with E-state index in [1.54, 1.807) is 12.4 Å². The molecule has 4 bridgehead atoms. The van der Waals surface area contributed by atoms with Crippen LogP contribution in [-0.4, -0.2) is 23.3 Å². The molecule has 0 radical (unpaired) electrons.